The van der Waals surface area contributed by atoms with Crippen molar-refractivity contribution < 1.29 is 18.0 Å². The lowest BCUT2D eigenvalue weighted by atomic mass is 9.86. The second kappa shape index (κ2) is 3.74. The molecule has 0 spiro atoms. The average molecular weight is 180 g/mol. The lowest BCUT2D eigenvalue weighted by molar-refractivity contribution is -0.199. The Bertz CT molecular complexity index is 183. The molecule has 0 aromatic rings. The van der Waals surface area contributed by atoms with Crippen LogP contribution in [-0.4, -0.2) is 12.5 Å². The van der Waals surface area contributed by atoms with Gasteiger partial charge in [0.05, 0.1) is 0 Å². The maximum atomic E-state index is 12.3. The van der Waals surface area contributed by atoms with Gasteiger partial charge >= 0.3 is 6.18 Å². The number of alkyl halides is 3. The minimum absolute atomic E-state index is 0.0486. The van der Waals surface area contributed by atoms with Crippen molar-refractivity contribution in [3.63, 3.8) is 0 Å². The first-order chi connectivity index (χ1) is 5.43. The molecule has 0 saturated heterocycles. The molecule has 12 heavy (non-hydrogen) atoms. The Labute approximate surface area is 69.3 Å². The van der Waals surface area contributed by atoms with E-state index in [1.807, 2.05) is 0 Å². The van der Waals surface area contributed by atoms with Crippen LogP contribution < -0.4 is 0 Å². The minimum atomic E-state index is -4.49. The predicted octanol–water partition coefficient (Wildman–Crippen LogP) is 2.72. The maximum Gasteiger partial charge on any atom is 0.404 e. The van der Waals surface area contributed by atoms with Crippen LogP contribution in [0.5, 0.6) is 0 Å². The Morgan fingerprint density at radius 3 is 1.92 bits per heavy atom. The van der Waals surface area contributed by atoms with E-state index < -0.39 is 11.6 Å². The van der Waals surface area contributed by atoms with Crippen LogP contribution in [0.15, 0.2) is 12.2 Å². The van der Waals surface area contributed by atoms with E-state index in [2.05, 4.69) is 0 Å². The normalized spacial score (nSPS) is 17.8. The van der Waals surface area contributed by atoms with Crippen molar-refractivity contribution in [2.24, 2.45) is 5.41 Å². The second-order valence-electron chi connectivity index (χ2n) is 2.51. The summed E-state index contributed by atoms with van der Waals surface area (Å²) in [7, 11) is 0. The number of carbonyl (C=O) groups excluding carboxylic acids is 1. The maximum absolute atomic E-state index is 12.3. The van der Waals surface area contributed by atoms with Crippen molar-refractivity contribution in [3.05, 3.63) is 12.2 Å². The first kappa shape index (κ1) is 11.2. The van der Waals surface area contributed by atoms with E-state index in [0.29, 0.717) is 0 Å². The molecule has 0 radical (unpaired) electrons. The molecule has 0 fully saturated rings. The predicted molar refractivity (Wildman–Crippen MR) is 39.7 cm³/mol. The molecule has 0 rings (SSSR count). The number of allylic oxidation sites excluding steroid dienone is 2. The van der Waals surface area contributed by atoms with Crippen LogP contribution in [0.2, 0.25) is 0 Å². The third-order valence-corrected chi connectivity index (χ3v) is 1.79. The van der Waals surface area contributed by atoms with Gasteiger partial charge in [0.1, 0.15) is 11.7 Å². The van der Waals surface area contributed by atoms with Crippen molar-refractivity contribution in [2.75, 3.05) is 0 Å². The molecule has 1 nitrogen and oxygen atoms in total. The van der Waals surface area contributed by atoms with Crippen LogP contribution in [0.4, 0.5) is 13.2 Å². The van der Waals surface area contributed by atoms with Gasteiger partial charge in [-0.15, -0.1) is 0 Å². The van der Waals surface area contributed by atoms with E-state index in [-0.39, 0.29) is 12.7 Å². The van der Waals surface area contributed by atoms with Gasteiger partial charge in [-0.2, -0.15) is 13.2 Å². The average Bonchev–Trinajstić information content (AvgIpc) is 1.98. The van der Waals surface area contributed by atoms with Crippen molar-refractivity contribution in [1.29, 1.82) is 0 Å². The summed E-state index contributed by atoms with van der Waals surface area (Å²) in [6, 6.07) is 0. The van der Waals surface area contributed by atoms with Crippen LogP contribution >= 0.6 is 0 Å². The topological polar surface area (TPSA) is 17.1 Å². The van der Waals surface area contributed by atoms with Gasteiger partial charge in [0.25, 0.3) is 0 Å². The fourth-order valence-corrected chi connectivity index (χ4v) is 0.900. The third kappa shape index (κ3) is 1.87. The summed E-state index contributed by atoms with van der Waals surface area (Å²) in [5.74, 6) is 0. The molecule has 0 aromatic carbocycles. The van der Waals surface area contributed by atoms with Gasteiger partial charge < -0.3 is 4.79 Å². The summed E-state index contributed by atoms with van der Waals surface area (Å²) in [4.78, 5) is 10.3. The molecule has 4 heteroatoms. The molecule has 0 aromatic heterocycles. The standard InChI is InChI=1S/C8H11F3O/c1-3-5-7(4-2,6-12)8(9,10)11/h3,5-6H,4H2,1-2H3/b5-3-. The van der Waals surface area contributed by atoms with Gasteiger partial charge in [-0.25, -0.2) is 0 Å². The van der Waals surface area contributed by atoms with Crippen molar-refractivity contribution in [1.82, 2.24) is 0 Å². The Morgan fingerprint density at radius 2 is 1.83 bits per heavy atom. The first-order valence-electron chi connectivity index (χ1n) is 3.60. The zero-order chi connectivity index (χ0) is 9.83. The number of halogens is 3. The number of rotatable bonds is 3. The van der Waals surface area contributed by atoms with Gasteiger partial charge in [-0.05, 0) is 13.3 Å². The van der Waals surface area contributed by atoms with Crippen molar-refractivity contribution in [3.8, 4) is 0 Å². The zero-order valence-corrected chi connectivity index (χ0v) is 6.98. The molecule has 0 aliphatic rings. The molecule has 0 N–H and O–H groups in total. The van der Waals surface area contributed by atoms with Gasteiger partial charge in [-0.1, -0.05) is 19.1 Å². The number of hydrogen-bond donors (Lipinski definition) is 0. The van der Waals surface area contributed by atoms with Gasteiger partial charge in [0.15, 0.2) is 0 Å². The largest absolute Gasteiger partial charge is 0.404 e. The quantitative estimate of drug-likeness (QED) is 0.482. The SMILES string of the molecule is C/C=C\C(C=O)(CC)C(F)(F)F. The minimum Gasteiger partial charge on any atom is -0.302 e. The highest BCUT2D eigenvalue weighted by atomic mass is 19.4. The van der Waals surface area contributed by atoms with E-state index in [1.54, 1.807) is 0 Å². The summed E-state index contributed by atoms with van der Waals surface area (Å²) in [5.41, 5.74) is -2.29. The van der Waals surface area contributed by atoms with E-state index in [1.165, 1.54) is 19.9 Å². The zero-order valence-electron chi connectivity index (χ0n) is 6.98. The smallest absolute Gasteiger partial charge is 0.302 e. The molecule has 0 amide bonds. The van der Waals surface area contributed by atoms with Crippen LogP contribution in [0.1, 0.15) is 20.3 Å². The Hall–Kier alpha value is -0.800. The summed E-state index contributed by atoms with van der Waals surface area (Å²) in [6.45, 7) is 2.79. The molecule has 0 heterocycles. The molecule has 0 saturated carbocycles. The number of carbonyl (C=O) groups is 1. The van der Waals surface area contributed by atoms with Crippen molar-refractivity contribution in [2.45, 2.75) is 26.4 Å². The van der Waals surface area contributed by atoms with Crippen LogP contribution in [0, 0.1) is 5.41 Å². The fourth-order valence-electron chi connectivity index (χ4n) is 0.900. The van der Waals surface area contributed by atoms with E-state index in [4.69, 9.17) is 0 Å². The highest BCUT2D eigenvalue weighted by molar-refractivity contribution is 5.64. The molecular weight excluding hydrogens is 169 g/mol. The summed E-state index contributed by atoms with van der Waals surface area (Å²) < 4.78 is 36.8. The molecule has 0 bridgehead atoms. The molecule has 1 unspecified atom stereocenters. The third-order valence-electron chi connectivity index (χ3n) is 1.79. The molecule has 0 aliphatic heterocycles. The molecule has 70 valence electrons. The van der Waals surface area contributed by atoms with Gasteiger partial charge in [0.2, 0.25) is 0 Å². The van der Waals surface area contributed by atoms with E-state index >= 15 is 0 Å². The highest BCUT2D eigenvalue weighted by Gasteiger charge is 2.51. The Morgan fingerprint density at radius 1 is 1.33 bits per heavy atom. The van der Waals surface area contributed by atoms with Crippen LogP contribution in [0.3, 0.4) is 0 Å². The van der Waals surface area contributed by atoms with Gasteiger partial charge in [0, 0.05) is 0 Å². The molecule has 0 aliphatic carbocycles. The molecule has 1 atom stereocenters. The Kier molecular flexibility index (Phi) is 3.49. The lowest BCUT2D eigenvalue weighted by Crippen LogP contribution is -2.37. The van der Waals surface area contributed by atoms with Crippen LogP contribution in [0.25, 0.3) is 0 Å². The molecular formula is C8H11F3O. The number of aldehydes is 1. The monoisotopic (exact) mass is 180 g/mol. The highest BCUT2D eigenvalue weighted by Crippen LogP contribution is 2.40. The van der Waals surface area contributed by atoms with Crippen molar-refractivity contribution >= 4 is 6.29 Å². The fraction of sp³-hybridized carbons (Fsp3) is 0.625. The van der Waals surface area contributed by atoms with E-state index in [9.17, 15) is 18.0 Å². The van der Waals surface area contributed by atoms with Crippen LogP contribution in [-0.2, 0) is 4.79 Å². The number of hydrogen-bond acceptors (Lipinski definition) is 1. The summed E-state index contributed by atoms with van der Waals surface area (Å²) in [6.07, 6.45) is -2.67. The summed E-state index contributed by atoms with van der Waals surface area (Å²) in [5, 5.41) is 0. The first-order valence-corrected chi connectivity index (χ1v) is 3.60. The second-order valence-corrected chi connectivity index (χ2v) is 2.51. The lowest BCUT2D eigenvalue weighted by Gasteiger charge is -2.25. The Balaban J connectivity index is 4.95. The van der Waals surface area contributed by atoms with Gasteiger partial charge in [-0.3, -0.25) is 0 Å². The summed E-state index contributed by atoms with van der Waals surface area (Å²) >= 11 is 0. The van der Waals surface area contributed by atoms with E-state index in [0.717, 1.165) is 6.08 Å².